The van der Waals surface area contributed by atoms with Gasteiger partial charge in [0.1, 0.15) is 11.7 Å². The number of aromatic nitrogens is 2. The van der Waals surface area contributed by atoms with Crippen LogP contribution in [0, 0.1) is 11.7 Å². The summed E-state index contributed by atoms with van der Waals surface area (Å²) in [5.74, 6) is -0.916. The molecule has 0 aliphatic carbocycles. The number of amides is 1. The zero-order chi connectivity index (χ0) is 18.4. The van der Waals surface area contributed by atoms with Crippen molar-refractivity contribution in [2.75, 3.05) is 11.6 Å². The first-order chi connectivity index (χ1) is 12.7. The molecule has 6 nitrogen and oxygen atoms in total. The monoisotopic (exact) mass is 355 g/mol. The summed E-state index contributed by atoms with van der Waals surface area (Å²) in [6.07, 6.45) is 9.64. The number of hydrogen-bond donors (Lipinski definition) is 0. The summed E-state index contributed by atoms with van der Waals surface area (Å²) in [4.78, 5) is 21.2. The van der Waals surface area contributed by atoms with Crippen molar-refractivity contribution in [1.82, 2.24) is 9.55 Å². The maximum atomic E-state index is 13.1. The van der Waals surface area contributed by atoms with Crippen molar-refractivity contribution in [2.45, 2.75) is 32.7 Å². The highest BCUT2D eigenvalue weighted by Crippen LogP contribution is 2.25. The fourth-order valence-corrected chi connectivity index (χ4v) is 2.84. The minimum Gasteiger partial charge on any atom is -0.337 e. The third-order valence-corrected chi connectivity index (χ3v) is 4.16. The van der Waals surface area contributed by atoms with Gasteiger partial charge < -0.3 is 4.57 Å². The number of aliphatic imine (C=N–C) groups is 1. The lowest BCUT2D eigenvalue weighted by molar-refractivity contribution is -0.118. The summed E-state index contributed by atoms with van der Waals surface area (Å²) in [5, 5.41) is 5.81. The van der Waals surface area contributed by atoms with Crippen molar-refractivity contribution in [3.05, 3.63) is 48.8 Å². The Morgan fingerprint density at radius 3 is 2.81 bits per heavy atom. The third-order valence-electron chi connectivity index (χ3n) is 4.16. The largest absolute Gasteiger partial charge is 0.337 e. The summed E-state index contributed by atoms with van der Waals surface area (Å²) >= 11 is 0. The molecule has 3 rings (SSSR count). The quantitative estimate of drug-likeness (QED) is 0.539. The standard InChI is InChI=1S/C19H22FN5O/c1-2-4-18-17(13-21-9-3-11-24-12-10-22-14-24)19(26)25(23-18)16-7-5-15(20)6-8-16/h5-8,10,12-14,17H,2-4,9,11H2,1H3/t17-/m1/s1. The lowest BCUT2D eigenvalue weighted by Crippen LogP contribution is -2.28. The van der Waals surface area contributed by atoms with Gasteiger partial charge in [0.2, 0.25) is 0 Å². The molecule has 1 aliphatic rings. The van der Waals surface area contributed by atoms with Crippen molar-refractivity contribution >= 4 is 23.5 Å². The van der Waals surface area contributed by atoms with Gasteiger partial charge in [-0.3, -0.25) is 9.79 Å². The Balaban J connectivity index is 1.63. The number of hydrazone groups is 1. The molecule has 26 heavy (non-hydrogen) atoms. The third kappa shape index (κ3) is 4.22. The van der Waals surface area contributed by atoms with Crippen LogP contribution in [-0.4, -0.2) is 33.9 Å². The van der Waals surface area contributed by atoms with Gasteiger partial charge in [0.15, 0.2) is 0 Å². The summed E-state index contributed by atoms with van der Waals surface area (Å²) < 4.78 is 15.1. The highest BCUT2D eigenvalue weighted by atomic mass is 19.1. The molecule has 0 spiro atoms. The lowest BCUT2D eigenvalue weighted by Gasteiger charge is -2.12. The fourth-order valence-electron chi connectivity index (χ4n) is 2.84. The molecule has 2 heterocycles. The number of benzene rings is 1. The maximum absolute atomic E-state index is 13.1. The predicted octanol–water partition coefficient (Wildman–Crippen LogP) is 3.30. The zero-order valence-corrected chi connectivity index (χ0v) is 14.8. The molecule has 0 bridgehead atoms. The van der Waals surface area contributed by atoms with E-state index in [4.69, 9.17) is 0 Å². The molecule has 0 unspecified atom stereocenters. The highest BCUT2D eigenvalue weighted by Gasteiger charge is 2.34. The molecule has 0 fully saturated rings. The van der Waals surface area contributed by atoms with Gasteiger partial charge in [-0.05, 0) is 37.1 Å². The van der Waals surface area contributed by atoms with E-state index in [2.05, 4.69) is 15.1 Å². The van der Waals surface area contributed by atoms with Crippen LogP contribution >= 0.6 is 0 Å². The summed E-state index contributed by atoms with van der Waals surface area (Å²) in [6.45, 7) is 3.53. The van der Waals surface area contributed by atoms with Crippen LogP contribution in [-0.2, 0) is 11.3 Å². The number of rotatable bonds is 8. The SMILES string of the molecule is CCCC1=NN(c2ccc(F)cc2)C(=O)[C@@H]1C=NCCCn1ccnc1. The first kappa shape index (κ1) is 18.0. The van der Waals surface area contributed by atoms with Gasteiger partial charge >= 0.3 is 0 Å². The van der Waals surface area contributed by atoms with Crippen LogP contribution in [0.15, 0.2) is 53.1 Å². The molecule has 1 aromatic heterocycles. The first-order valence-electron chi connectivity index (χ1n) is 8.81. The second-order valence-electron chi connectivity index (χ2n) is 6.15. The molecule has 7 heteroatoms. The molecule has 1 aromatic carbocycles. The number of hydrogen-bond acceptors (Lipinski definition) is 4. The first-order valence-corrected chi connectivity index (χ1v) is 8.81. The zero-order valence-electron chi connectivity index (χ0n) is 14.8. The Kier molecular flexibility index (Phi) is 5.88. The van der Waals surface area contributed by atoms with Crippen LogP contribution in [0.25, 0.3) is 0 Å². The fraction of sp³-hybridized carbons (Fsp3) is 0.368. The Hall–Kier alpha value is -2.83. The molecule has 0 radical (unpaired) electrons. The second kappa shape index (κ2) is 8.51. The molecule has 136 valence electrons. The van der Waals surface area contributed by atoms with E-state index in [0.29, 0.717) is 12.2 Å². The molecule has 2 aromatic rings. The number of anilines is 1. The van der Waals surface area contributed by atoms with Gasteiger partial charge in [-0.1, -0.05) is 13.3 Å². The summed E-state index contributed by atoms with van der Waals surface area (Å²) in [7, 11) is 0. The smallest absolute Gasteiger partial charge is 0.261 e. The van der Waals surface area contributed by atoms with Gasteiger partial charge in [0.25, 0.3) is 5.91 Å². The van der Waals surface area contributed by atoms with Crippen molar-refractivity contribution in [2.24, 2.45) is 16.0 Å². The molecular weight excluding hydrogens is 333 g/mol. The molecule has 1 amide bonds. The molecule has 0 N–H and O–H groups in total. The lowest BCUT2D eigenvalue weighted by atomic mass is 10.0. The Morgan fingerprint density at radius 1 is 1.31 bits per heavy atom. The highest BCUT2D eigenvalue weighted by molar-refractivity contribution is 6.24. The van der Waals surface area contributed by atoms with Crippen LogP contribution < -0.4 is 5.01 Å². The molecular formula is C19H22FN5O. The average Bonchev–Trinajstić information content (AvgIpc) is 3.25. The van der Waals surface area contributed by atoms with Crippen LogP contribution in [0.1, 0.15) is 26.2 Å². The van der Waals surface area contributed by atoms with Crippen LogP contribution in [0.3, 0.4) is 0 Å². The minimum absolute atomic E-state index is 0.140. The maximum Gasteiger partial charge on any atom is 0.261 e. The van der Waals surface area contributed by atoms with E-state index in [0.717, 1.165) is 31.5 Å². The average molecular weight is 355 g/mol. The predicted molar refractivity (Wildman–Crippen MR) is 99.9 cm³/mol. The number of nitrogens with zero attached hydrogens (tertiary/aromatic N) is 5. The van der Waals surface area contributed by atoms with E-state index in [1.54, 1.807) is 30.9 Å². The normalized spacial score (nSPS) is 17.3. The van der Waals surface area contributed by atoms with E-state index >= 15 is 0 Å². The van der Waals surface area contributed by atoms with Crippen molar-refractivity contribution < 1.29 is 9.18 Å². The summed E-state index contributed by atoms with van der Waals surface area (Å²) in [5.41, 5.74) is 1.38. The Labute approximate surface area is 152 Å². The number of carbonyl (C=O) groups excluding carboxylic acids is 1. The number of imidazole rings is 1. The number of halogens is 1. The van der Waals surface area contributed by atoms with Gasteiger partial charge in [-0.15, -0.1) is 0 Å². The van der Waals surface area contributed by atoms with Crippen molar-refractivity contribution in [3.63, 3.8) is 0 Å². The molecule has 1 atom stereocenters. The van der Waals surface area contributed by atoms with Crippen LogP contribution in [0.5, 0.6) is 0 Å². The Morgan fingerprint density at radius 2 is 2.12 bits per heavy atom. The van der Waals surface area contributed by atoms with Gasteiger partial charge in [0, 0.05) is 31.7 Å². The topological polar surface area (TPSA) is 62.9 Å². The van der Waals surface area contributed by atoms with E-state index in [1.807, 2.05) is 17.7 Å². The molecule has 0 saturated heterocycles. The molecule has 0 saturated carbocycles. The Bertz CT molecular complexity index is 783. The van der Waals surface area contributed by atoms with E-state index in [-0.39, 0.29) is 11.7 Å². The van der Waals surface area contributed by atoms with Gasteiger partial charge in [-0.2, -0.15) is 10.1 Å². The van der Waals surface area contributed by atoms with E-state index in [9.17, 15) is 9.18 Å². The number of carbonyl (C=O) groups is 1. The van der Waals surface area contributed by atoms with E-state index in [1.165, 1.54) is 17.1 Å². The second-order valence-corrected chi connectivity index (χ2v) is 6.15. The minimum atomic E-state index is -0.437. The van der Waals surface area contributed by atoms with Crippen LogP contribution in [0.2, 0.25) is 0 Å². The van der Waals surface area contributed by atoms with Gasteiger partial charge in [0.05, 0.1) is 17.7 Å². The summed E-state index contributed by atoms with van der Waals surface area (Å²) in [6, 6.07) is 5.78. The molecule has 1 aliphatic heterocycles. The van der Waals surface area contributed by atoms with Crippen molar-refractivity contribution in [3.8, 4) is 0 Å². The van der Waals surface area contributed by atoms with Crippen molar-refractivity contribution in [1.29, 1.82) is 0 Å². The van der Waals surface area contributed by atoms with Gasteiger partial charge in [-0.25, -0.2) is 9.37 Å². The number of aryl methyl sites for hydroxylation is 1. The van der Waals surface area contributed by atoms with Crippen LogP contribution in [0.4, 0.5) is 10.1 Å². The van der Waals surface area contributed by atoms with E-state index < -0.39 is 5.92 Å².